The molecular formula is C23H26N4O4S2. The van der Waals surface area contributed by atoms with E-state index in [9.17, 15) is 13.2 Å². The minimum atomic E-state index is -3.75. The van der Waals surface area contributed by atoms with Crippen LogP contribution in [0, 0.1) is 0 Å². The average Bonchev–Trinajstić information content (AvgIpc) is 3.51. The average molecular weight is 487 g/mol. The molecule has 1 saturated heterocycles. The summed E-state index contributed by atoms with van der Waals surface area (Å²) in [4.78, 5) is 12.8. The van der Waals surface area contributed by atoms with Crippen molar-refractivity contribution in [1.82, 2.24) is 14.5 Å². The van der Waals surface area contributed by atoms with E-state index in [1.54, 1.807) is 0 Å². The number of benzene rings is 2. The molecule has 1 aromatic heterocycles. The zero-order chi connectivity index (χ0) is 23.6. The molecule has 4 rings (SSSR count). The molecule has 1 aliphatic heterocycles. The molecule has 8 nitrogen and oxygen atoms in total. The van der Waals surface area contributed by atoms with E-state index >= 15 is 0 Å². The van der Waals surface area contributed by atoms with Crippen molar-refractivity contribution in [3.8, 4) is 16.3 Å². The van der Waals surface area contributed by atoms with Crippen molar-refractivity contribution in [3.05, 3.63) is 53.6 Å². The van der Waals surface area contributed by atoms with Crippen LogP contribution in [0.25, 0.3) is 10.6 Å². The third-order valence-corrected chi connectivity index (χ3v) is 8.39. The number of amides is 1. The number of aromatic nitrogens is 2. The number of hydrogen-bond acceptors (Lipinski definition) is 7. The molecule has 174 valence electrons. The fourth-order valence-electron chi connectivity index (χ4n) is 3.66. The topological polar surface area (TPSA) is 101 Å². The Hall–Kier alpha value is -2.82. The molecule has 1 N–H and O–H groups in total. The van der Waals surface area contributed by atoms with Crippen LogP contribution in [0.15, 0.2) is 47.4 Å². The summed E-state index contributed by atoms with van der Waals surface area (Å²) in [5.41, 5.74) is 2.35. The fraction of sp³-hybridized carbons (Fsp3) is 0.348. The maximum absolute atomic E-state index is 13.1. The van der Waals surface area contributed by atoms with E-state index in [1.165, 1.54) is 46.5 Å². The number of anilines is 1. The number of ether oxygens (including phenoxy) is 1. The van der Waals surface area contributed by atoms with E-state index in [-0.39, 0.29) is 16.2 Å². The third-order valence-electron chi connectivity index (χ3n) is 5.58. The lowest BCUT2D eigenvalue weighted by Crippen LogP contribution is -2.28. The number of methoxy groups -OCH3 is 1. The summed E-state index contributed by atoms with van der Waals surface area (Å²) in [6.45, 7) is 5.20. The number of rotatable bonds is 7. The summed E-state index contributed by atoms with van der Waals surface area (Å²) in [5, 5.41) is 12.0. The van der Waals surface area contributed by atoms with Gasteiger partial charge < -0.3 is 4.74 Å². The molecule has 0 bridgehead atoms. The van der Waals surface area contributed by atoms with Crippen molar-refractivity contribution in [1.29, 1.82) is 0 Å². The highest BCUT2D eigenvalue weighted by Crippen LogP contribution is 2.31. The highest BCUT2D eigenvalue weighted by atomic mass is 32.2. The van der Waals surface area contributed by atoms with Crippen molar-refractivity contribution < 1.29 is 17.9 Å². The number of sulfonamides is 1. The number of nitrogens with zero attached hydrogens (tertiary/aromatic N) is 3. The van der Waals surface area contributed by atoms with Crippen molar-refractivity contribution in [3.63, 3.8) is 0 Å². The standard InChI is InChI=1S/C23H26N4O4S2/c1-15(2)16-6-8-17(9-7-16)22-25-26-23(32-22)24-21(28)18-10-11-19(31-3)20(14-18)33(29,30)27-12-4-5-13-27/h6-11,14-15H,4-5,12-13H2,1-3H3,(H,24,26,28). The molecule has 0 aliphatic carbocycles. The summed E-state index contributed by atoms with van der Waals surface area (Å²) >= 11 is 1.26. The Bertz CT molecular complexity index is 1250. The van der Waals surface area contributed by atoms with Crippen molar-refractivity contribution in [2.24, 2.45) is 0 Å². The highest BCUT2D eigenvalue weighted by molar-refractivity contribution is 7.89. The van der Waals surface area contributed by atoms with E-state index in [0.717, 1.165) is 18.4 Å². The maximum atomic E-state index is 13.1. The Morgan fingerprint density at radius 3 is 2.42 bits per heavy atom. The summed E-state index contributed by atoms with van der Waals surface area (Å²) < 4.78 is 32.8. The molecule has 10 heteroatoms. The van der Waals surface area contributed by atoms with Gasteiger partial charge in [0, 0.05) is 24.2 Å². The maximum Gasteiger partial charge on any atom is 0.257 e. The first kappa shape index (κ1) is 23.3. The van der Waals surface area contributed by atoms with E-state index in [1.807, 2.05) is 12.1 Å². The van der Waals surface area contributed by atoms with Gasteiger partial charge in [0.25, 0.3) is 5.91 Å². The van der Waals surface area contributed by atoms with Gasteiger partial charge in [0.15, 0.2) is 0 Å². The smallest absolute Gasteiger partial charge is 0.257 e. The van der Waals surface area contributed by atoms with Crippen LogP contribution in [-0.2, 0) is 10.0 Å². The predicted octanol–water partition coefficient (Wildman–Crippen LogP) is 4.37. The second-order valence-corrected chi connectivity index (χ2v) is 11.0. The zero-order valence-corrected chi connectivity index (χ0v) is 20.4. The molecule has 3 aromatic rings. The largest absolute Gasteiger partial charge is 0.495 e. The molecular weight excluding hydrogens is 460 g/mol. The Balaban J connectivity index is 1.54. The third kappa shape index (κ3) is 4.92. The molecule has 1 aliphatic rings. The van der Waals surface area contributed by atoms with Gasteiger partial charge in [0.05, 0.1) is 7.11 Å². The Morgan fingerprint density at radius 2 is 1.79 bits per heavy atom. The van der Waals surface area contributed by atoms with E-state index < -0.39 is 15.9 Å². The quantitative estimate of drug-likeness (QED) is 0.532. The number of hydrogen-bond donors (Lipinski definition) is 1. The highest BCUT2D eigenvalue weighted by Gasteiger charge is 2.30. The van der Waals surface area contributed by atoms with E-state index in [0.29, 0.717) is 29.1 Å². The van der Waals surface area contributed by atoms with Crippen molar-refractivity contribution in [2.45, 2.75) is 37.5 Å². The number of carbonyl (C=O) groups is 1. The van der Waals surface area contributed by atoms with Crippen LogP contribution >= 0.6 is 11.3 Å². The van der Waals surface area contributed by atoms with Gasteiger partial charge in [-0.25, -0.2) is 8.42 Å². The van der Waals surface area contributed by atoms with Crippen LogP contribution in [0.1, 0.15) is 48.5 Å². The van der Waals surface area contributed by atoms with Crippen molar-refractivity contribution in [2.75, 3.05) is 25.5 Å². The van der Waals surface area contributed by atoms with Crippen LogP contribution in [0.5, 0.6) is 5.75 Å². The number of nitrogens with one attached hydrogen (secondary N) is 1. The van der Waals surface area contributed by atoms with Gasteiger partial charge in [-0.1, -0.05) is 49.4 Å². The fourth-order valence-corrected chi connectivity index (χ4v) is 6.10. The summed E-state index contributed by atoms with van der Waals surface area (Å²) in [5.74, 6) is 0.182. The van der Waals surface area contributed by atoms with Crippen LogP contribution in [0.4, 0.5) is 5.13 Å². The van der Waals surface area contributed by atoms with Crippen LogP contribution in [0.3, 0.4) is 0 Å². The van der Waals surface area contributed by atoms with Gasteiger partial charge in [-0.15, -0.1) is 10.2 Å². The van der Waals surface area contributed by atoms with Gasteiger partial charge in [-0.2, -0.15) is 4.31 Å². The Labute approximate surface area is 197 Å². The van der Waals surface area contributed by atoms with Gasteiger partial charge in [0.2, 0.25) is 15.2 Å². The summed E-state index contributed by atoms with van der Waals surface area (Å²) in [7, 11) is -2.34. The Kier molecular flexibility index (Phi) is 6.78. The minimum absolute atomic E-state index is 0.0113. The zero-order valence-electron chi connectivity index (χ0n) is 18.7. The minimum Gasteiger partial charge on any atom is -0.495 e. The molecule has 0 atom stereocenters. The molecule has 0 radical (unpaired) electrons. The van der Waals surface area contributed by atoms with Gasteiger partial charge >= 0.3 is 0 Å². The van der Waals surface area contributed by atoms with E-state index in [2.05, 4.69) is 41.5 Å². The first-order valence-electron chi connectivity index (χ1n) is 10.7. The van der Waals surface area contributed by atoms with Gasteiger partial charge in [0.1, 0.15) is 15.7 Å². The van der Waals surface area contributed by atoms with Gasteiger partial charge in [-0.3, -0.25) is 10.1 Å². The molecule has 0 saturated carbocycles. The Morgan fingerprint density at radius 1 is 1.09 bits per heavy atom. The monoisotopic (exact) mass is 486 g/mol. The summed E-state index contributed by atoms with van der Waals surface area (Å²) in [6, 6.07) is 12.5. The van der Waals surface area contributed by atoms with Crippen LogP contribution in [-0.4, -0.2) is 49.0 Å². The van der Waals surface area contributed by atoms with E-state index in [4.69, 9.17) is 4.74 Å². The molecule has 0 spiro atoms. The lowest BCUT2D eigenvalue weighted by Gasteiger charge is -2.18. The second kappa shape index (κ2) is 9.58. The molecule has 2 aromatic carbocycles. The molecule has 33 heavy (non-hydrogen) atoms. The SMILES string of the molecule is COc1ccc(C(=O)Nc2nnc(-c3ccc(C(C)C)cc3)s2)cc1S(=O)(=O)N1CCCC1. The lowest BCUT2D eigenvalue weighted by atomic mass is 10.0. The first-order chi connectivity index (χ1) is 15.8. The van der Waals surface area contributed by atoms with Gasteiger partial charge in [-0.05, 0) is 42.5 Å². The molecule has 2 heterocycles. The second-order valence-electron chi connectivity index (χ2n) is 8.12. The predicted molar refractivity (Wildman–Crippen MR) is 128 cm³/mol. The number of carbonyl (C=O) groups excluding carboxylic acids is 1. The molecule has 1 fully saturated rings. The molecule has 1 amide bonds. The normalized spacial score (nSPS) is 14.5. The van der Waals surface area contributed by atoms with Crippen LogP contribution < -0.4 is 10.1 Å². The molecule has 0 unspecified atom stereocenters. The van der Waals surface area contributed by atoms with Crippen molar-refractivity contribution >= 4 is 32.4 Å². The summed E-state index contributed by atoms with van der Waals surface area (Å²) in [6.07, 6.45) is 1.64. The lowest BCUT2D eigenvalue weighted by molar-refractivity contribution is 0.102. The first-order valence-corrected chi connectivity index (χ1v) is 13.0. The van der Waals surface area contributed by atoms with Crippen LogP contribution in [0.2, 0.25) is 0 Å².